The molecule has 2 N–H and O–H groups in total. The molecule has 0 fully saturated rings. The molecule has 0 saturated carbocycles. The maximum atomic E-state index is 12.1. The highest BCUT2D eigenvalue weighted by Gasteiger charge is 2.13. The van der Waals surface area contributed by atoms with E-state index in [1.165, 1.54) is 0 Å². The lowest BCUT2D eigenvalue weighted by atomic mass is 10.0. The first-order valence-corrected chi connectivity index (χ1v) is 7.06. The van der Waals surface area contributed by atoms with Crippen LogP contribution in [0.5, 0.6) is 5.75 Å². The van der Waals surface area contributed by atoms with Crippen LogP contribution in [0.15, 0.2) is 24.3 Å². The molecule has 4 heteroatoms. The molecule has 0 aliphatic rings. The number of methoxy groups -OCH3 is 1. The summed E-state index contributed by atoms with van der Waals surface area (Å²) in [6.07, 6.45) is 1.22. The van der Waals surface area contributed by atoms with Gasteiger partial charge in [-0.25, -0.2) is 0 Å². The molecule has 1 atom stereocenters. The average molecular weight is 278 g/mol. The molecule has 0 aliphatic carbocycles. The van der Waals surface area contributed by atoms with E-state index < -0.39 is 0 Å². The Balaban J connectivity index is 2.48. The zero-order chi connectivity index (χ0) is 15.1. The minimum Gasteiger partial charge on any atom is -0.497 e. The Morgan fingerprint density at radius 1 is 1.40 bits per heavy atom. The summed E-state index contributed by atoms with van der Waals surface area (Å²) in [4.78, 5) is 13.9. The van der Waals surface area contributed by atoms with Crippen molar-refractivity contribution >= 4 is 5.91 Å². The summed E-state index contributed by atoms with van der Waals surface area (Å²) in [7, 11) is 3.45. The van der Waals surface area contributed by atoms with E-state index in [0.29, 0.717) is 18.9 Å². The number of nitrogens with zero attached hydrogens (tertiary/aromatic N) is 1. The first kappa shape index (κ1) is 16.5. The highest BCUT2D eigenvalue weighted by atomic mass is 16.5. The third kappa shape index (κ3) is 5.21. The summed E-state index contributed by atoms with van der Waals surface area (Å²) < 4.78 is 5.16. The maximum Gasteiger partial charge on any atom is 0.226 e. The van der Waals surface area contributed by atoms with E-state index in [0.717, 1.165) is 17.7 Å². The zero-order valence-corrected chi connectivity index (χ0v) is 12.9. The molecule has 0 spiro atoms. The van der Waals surface area contributed by atoms with Gasteiger partial charge in [-0.15, -0.1) is 0 Å². The zero-order valence-electron chi connectivity index (χ0n) is 12.9. The first-order chi connectivity index (χ1) is 9.43. The molecule has 1 rings (SSSR count). The van der Waals surface area contributed by atoms with Crippen molar-refractivity contribution in [1.29, 1.82) is 0 Å². The molecule has 4 nitrogen and oxygen atoms in total. The van der Waals surface area contributed by atoms with E-state index in [-0.39, 0.29) is 11.9 Å². The van der Waals surface area contributed by atoms with Gasteiger partial charge in [0.2, 0.25) is 5.91 Å². The topological polar surface area (TPSA) is 55.6 Å². The van der Waals surface area contributed by atoms with Crippen molar-refractivity contribution in [2.24, 2.45) is 11.7 Å². The Labute approximate surface area is 121 Å². The van der Waals surface area contributed by atoms with Gasteiger partial charge in [0.25, 0.3) is 0 Å². The number of hydrogen-bond acceptors (Lipinski definition) is 3. The van der Waals surface area contributed by atoms with Gasteiger partial charge in [-0.3, -0.25) is 4.79 Å². The monoisotopic (exact) mass is 278 g/mol. The molecule has 1 unspecified atom stereocenters. The van der Waals surface area contributed by atoms with Crippen LogP contribution in [0.2, 0.25) is 0 Å². The first-order valence-electron chi connectivity index (χ1n) is 7.06. The Kier molecular flexibility index (Phi) is 6.52. The van der Waals surface area contributed by atoms with Gasteiger partial charge in [0.1, 0.15) is 5.75 Å². The minimum atomic E-state index is 0.106. The van der Waals surface area contributed by atoms with Gasteiger partial charge in [-0.1, -0.05) is 26.0 Å². The number of nitrogens with two attached hydrogens (primary N) is 1. The third-order valence-corrected chi connectivity index (χ3v) is 3.57. The SMILES string of the molecule is COc1cccc(CC(=O)N(C)CCC(N)C(C)C)c1. The summed E-state index contributed by atoms with van der Waals surface area (Å²) >= 11 is 0. The molecule has 112 valence electrons. The van der Waals surface area contributed by atoms with Crippen LogP contribution in [-0.2, 0) is 11.2 Å². The van der Waals surface area contributed by atoms with Gasteiger partial charge in [0.05, 0.1) is 13.5 Å². The number of carbonyl (C=O) groups excluding carboxylic acids is 1. The summed E-state index contributed by atoms with van der Waals surface area (Å²) in [6, 6.07) is 7.75. The molecule has 1 aromatic rings. The molecular weight excluding hydrogens is 252 g/mol. The molecular formula is C16H26N2O2. The van der Waals surface area contributed by atoms with Gasteiger partial charge in [-0.05, 0) is 30.0 Å². The van der Waals surface area contributed by atoms with Crippen LogP contribution in [0.25, 0.3) is 0 Å². The lowest BCUT2D eigenvalue weighted by Gasteiger charge is -2.21. The Morgan fingerprint density at radius 2 is 2.10 bits per heavy atom. The summed E-state index contributed by atoms with van der Waals surface area (Å²) in [6.45, 7) is 4.90. The van der Waals surface area contributed by atoms with E-state index in [1.807, 2.05) is 31.3 Å². The molecule has 20 heavy (non-hydrogen) atoms. The molecule has 1 amide bonds. The van der Waals surface area contributed by atoms with Crippen LogP contribution >= 0.6 is 0 Å². The lowest BCUT2D eigenvalue weighted by Crippen LogP contribution is -2.35. The van der Waals surface area contributed by atoms with Crippen molar-refractivity contribution in [1.82, 2.24) is 4.90 Å². The maximum absolute atomic E-state index is 12.1. The van der Waals surface area contributed by atoms with E-state index in [4.69, 9.17) is 10.5 Å². The molecule has 0 saturated heterocycles. The summed E-state index contributed by atoms with van der Waals surface area (Å²) in [5.74, 6) is 1.32. The van der Waals surface area contributed by atoms with E-state index >= 15 is 0 Å². The number of ether oxygens (including phenoxy) is 1. The van der Waals surface area contributed by atoms with Gasteiger partial charge in [0.15, 0.2) is 0 Å². The third-order valence-electron chi connectivity index (χ3n) is 3.57. The van der Waals surface area contributed by atoms with Gasteiger partial charge in [-0.2, -0.15) is 0 Å². The number of benzene rings is 1. The van der Waals surface area contributed by atoms with Crippen molar-refractivity contribution in [2.45, 2.75) is 32.7 Å². The van der Waals surface area contributed by atoms with Crippen LogP contribution < -0.4 is 10.5 Å². The van der Waals surface area contributed by atoms with Crippen LogP contribution in [0.3, 0.4) is 0 Å². The van der Waals surface area contributed by atoms with Crippen LogP contribution in [-0.4, -0.2) is 37.6 Å². The quantitative estimate of drug-likeness (QED) is 0.830. The standard InChI is InChI=1S/C16H26N2O2/c1-12(2)15(17)8-9-18(3)16(19)11-13-6-5-7-14(10-13)20-4/h5-7,10,12,15H,8-9,11,17H2,1-4H3. The predicted octanol–water partition coefficient (Wildman–Crippen LogP) is 2.07. The molecule has 0 bridgehead atoms. The lowest BCUT2D eigenvalue weighted by molar-refractivity contribution is -0.129. The van der Waals surface area contributed by atoms with Gasteiger partial charge >= 0.3 is 0 Å². The summed E-state index contributed by atoms with van der Waals surface area (Å²) in [5.41, 5.74) is 6.97. The van der Waals surface area contributed by atoms with Crippen molar-refractivity contribution in [2.75, 3.05) is 20.7 Å². The number of likely N-dealkylation sites (N-methyl/N-ethyl adjacent to an activating group) is 1. The van der Waals surface area contributed by atoms with E-state index in [9.17, 15) is 4.79 Å². The fourth-order valence-corrected chi connectivity index (χ4v) is 1.89. The van der Waals surface area contributed by atoms with Crippen LogP contribution in [0.1, 0.15) is 25.8 Å². The predicted molar refractivity (Wildman–Crippen MR) is 81.8 cm³/mol. The number of rotatable bonds is 7. The van der Waals surface area contributed by atoms with Crippen molar-refractivity contribution in [3.05, 3.63) is 29.8 Å². The average Bonchev–Trinajstić information content (AvgIpc) is 2.44. The fraction of sp³-hybridized carbons (Fsp3) is 0.562. The van der Waals surface area contributed by atoms with Crippen molar-refractivity contribution in [3.63, 3.8) is 0 Å². The molecule has 0 heterocycles. The van der Waals surface area contributed by atoms with Crippen molar-refractivity contribution < 1.29 is 9.53 Å². The molecule has 1 aromatic carbocycles. The molecule has 0 radical (unpaired) electrons. The highest BCUT2D eigenvalue weighted by molar-refractivity contribution is 5.78. The second-order valence-corrected chi connectivity index (χ2v) is 5.54. The van der Waals surface area contributed by atoms with Crippen LogP contribution in [0.4, 0.5) is 0 Å². The smallest absolute Gasteiger partial charge is 0.226 e. The van der Waals surface area contributed by atoms with E-state index in [2.05, 4.69) is 13.8 Å². The second kappa shape index (κ2) is 7.90. The molecule has 0 aromatic heterocycles. The summed E-state index contributed by atoms with van der Waals surface area (Å²) in [5, 5.41) is 0. The normalized spacial score (nSPS) is 12.3. The van der Waals surface area contributed by atoms with Gasteiger partial charge < -0.3 is 15.4 Å². The van der Waals surface area contributed by atoms with E-state index in [1.54, 1.807) is 12.0 Å². The molecule has 0 aliphatic heterocycles. The Hall–Kier alpha value is -1.55. The number of hydrogen-bond donors (Lipinski definition) is 1. The number of amides is 1. The largest absolute Gasteiger partial charge is 0.497 e. The van der Waals surface area contributed by atoms with Crippen LogP contribution in [0, 0.1) is 5.92 Å². The highest BCUT2D eigenvalue weighted by Crippen LogP contribution is 2.13. The van der Waals surface area contributed by atoms with Gasteiger partial charge in [0, 0.05) is 19.6 Å². The number of carbonyl (C=O) groups is 1. The Morgan fingerprint density at radius 3 is 2.70 bits per heavy atom. The minimum absolute atomic E-state index is 0.106. The second-order valence-electron chi connectivity index (χ2n) is 5.54. The Bertz CT molecular complexity index is 432. The fourth-order valence-electron chi connectivity index (χ4n) is 1.89. The van der Waals surface area contributed by atoms with Crippen molar-refractivity contribution in [3.8, 4) is 5.75 Å².